The Hall–Kier alpha value is -2.51. The number of likely N-dealkylation sites (tertiary alicyclic amines) is 1. The molecule has 166 valence electrons. The van der Waals surface area contributed by atoms with Gasteiger partial charge in [0.2, 0.25) is 11.8 Å². The molecule has 3 aliphatic rings. The summed E-state index contributed by atoms with van der Waals surface area (Å²) in [6.45, 7) is 3.40. The molecule has 32 heavy (non-hydrogen) atoms. The maximum atomic E-state index is 12.9. The van der Waals surface area contributed by atoms with Gasteiger partial charge in [-0.15, -0.1) is 0 Å². The normalized spacial score (nSPS) is 22.2. The molecule has 0 aliphatic carbocycles. The second kappa shape index (κ2) is 8.79. The largest absolute Gasteiger partial charge is 0.322 e. The first kappa shape index (κ1) is 21.3. The van der Waals surface area contributed by atoms with Gasteiger partial charge in [-0.25, -0.2) is 0 Å². The van der Waals surface area contributed by atoms with Crippen LogP contribution >= 0.6 is 15.9 Å². The minimum Gasteiger partial charge on any atom is -0.322 e. The van der Waals surface area contributed by atoms with Crippen LogP contribution in [-0.2, 0) is 22.7 Å². The van der Waals surface area contributed by atoms with E-state index in [0.29, 0.717) is 24.4 Å². The number of piperidine rings is 2. The number of amides is 3. The third-order valence-corrected chi connectivity index (χ3v) is 7.40. The number of benzene rings is 2. The van der Waals surface area contributed by atoms with Gasteiger partial charge in [0.15, 0.2) is 0 Å². The molecule has 5 rings (SSSR count). The lowest BCUT2D eigenvalue weighted by molar-refractivity contribution is -0.136. The van der Waals surface area contributed by atoms with Gasteiger partial charge in [-0.05, 0) is 73.2 Å². The number of hydrogen-bond donors (Lipinski definition) is 1. The molecule has 2 aromatic rings. The Bertz CT molecular complexity index is 1080. The van der Waals surface area contributed by atoms with E-state index in [0.717, 1.165) is 42.5 Å². The molecule has 2 aromatic carbocycles. The van der Waals surface area contributed by atoms with Gasteiger partial charge in [-0.3, -0.25) is 24.6 Å². The summed E-state index contributed by atoms with van der Waals surface area (Å²) in [6.07, 6.45) is 2.95. The molecule has 2 fully saturated rings. The fourth-order valence-corrected chi connectivity index (χ4v) is 5.59. The van der Waals surface area contributed by atoms with E-state index in [2.05, 4.69) is 56.5 Å². The molecule has 0 bridgehead atoms. The highest BCUT2D eigenvalue weighted by atomic mass is 79.9. The number of imide groups is 1. The standard InChI is InChI=1S/C25H26BrN3O3/c26-20-3-1-2-18(13-20)17-8-10-28(11-9-17)14-16-4-5-21-19(12-16)15-29(25(21)32)22-6-7-23(30)27-24(22)31/h1-5,12-13,17,22H,6-11,14-15H2,(H,27,30,31). The Kier molecular flexibility index (Phi) is 5.86. The van der Waals surface area contributed by atoms with Crippen molar-refractivity contribution in [3.8, 4) is 0 Å². The Morgan fingerprint density at radius 1 is 1.00 bits per heavy atom. The number of carbonyl (C=O) groups excluding carboxylic acids is 3. The van der Waals surface area contributed by atoms with E-state index in [1.807, 2.05) is 12.1 Å². The van der Waals surface area contributed by atoms with Crippen molar-refractivity contribution in [1.82, 2.24) is 15.1 Å². The van der Waals surface area contributed by atoms with E-state index >= 15 is 0 Å². The van der Waals surface area contributed by atoms with E-state index in [1.165, 1.54) is 11.1 Å². The van der Waals surface area contributed by atoms with E-state index in [1.54, 1.807) is 4.90 Å². The van der Waals surface area contributed by atoms with E-state index in [9.17, 15) is 14.4 Å². The van der Waals surface area contributed by atoms with Gasteiger partial charge in [-0.1, -0.05) is 40.2 Å². The second-order valence-electron chi connectivity index (χ2n) is 9.00. The predicted molar refractivity (Wildman–Crippen MR) is 124 cm³/mol. The highest BCUT2D eigenvalue weighted by Gasteiger charge is 2.39. The van der Waals surface area contributed by atoms with Gasteiger partial charge in [0.05, 0.1) is 0 Å². The SMILES string of the molecule is O=C1CCC(N2Cc3cc(CN4CCC(c5cccc(Br)c5)CC4)ccc3C2=O)C(=O)N1. The topological polar surface area (TPSA) is 69.7 Å². The summed E-state index contributed by atoms with van der Waals surface area (Å²) in [6, 6.07) is 14.1. The van der Waals surface area contributed by atoms with Crippen LogP contribution in [0.1, 0.15) is 58.6 Å². The van der Waals surface area contributed by atoms with Crippen molar-refractivity contribution in [3.63, 3.8) is 0 Å². The highest BCUT2D eigenvalue weighted by molar-refractivity contribution is 9.10. The van der Waals surface area contributed by atoms with Crippen molar-refractivity contribution in [2.24, 2.45) is 0 Å². The maximum absolute atomic E-state index is 12.9. The summed E-state index contributed by atoms with van der Waals surface area (Å²) in [5, 5.41) is 2.36. The van der Waals surface area contributed by atoms with Gasteiger partial charge in [0, 0.05) is 29.5 Å². The molecule has 3 heterocycles. The van der Waals surface area contributed by atoms with E-state index < -0.39 is 6.04 Å². The Morgan fingerprint density at radius 2 is 1.81 bits per heavy atom. The Balaban J connectivity index is 1.21. The summed E-state index contributed by atoms with van der Waals surface area (Å²) in [5.41, 5.74) is 4.25. The molecule has 1 atom stereocenters. The Labute approximate surface area is 196 Å². The minimum absolute atomic E-state index is 0.115. The van der Waals surface area contributed by atoms with Gasteiger partial charge >= 0.3 is 0 Å². The fraction of sp³-hybridized carbons (Fsp3) is 0.400. The molecule has 0 aromatic heterocycles. The van der Waals surface area contributed by atoms with Crippen LogP contribution < -0.4 is 5.32 Å². The van der Waals surface area contributed by atoms with Crippen LogP contribution in [0.4, 0.5) is 0 Å². The first-order chi connectivity index (χ1) is 15.5. The lowest BCUT2D eigenvalue weighted by Gasteiger charge is -2.32. The van der Waals surface area contributed by atoms with Gasteiger partial charge in [-0.2, -0.15) is 0 Å². The van der Waals surface area contributed by atoms with Crippen molar-refractivity contribution in [2.45, 2.75) is 50.7 Å². The monoisotopic (exact) mass is 495 g/mol. The van der Waals surface area contributed by atoms with Gasteiger partial charge in [0.25, 0.3) is 5.91 Å². The smallest absolute Gasteiger partial charge is 0.255 e. The summed E-state index contributed by atoms with van der Waals surface area (Å²) in [4.78, 5) is 40.6. The summed E-state index contributed by atoms with van der Waals surface area (Å²) in [7, 11) is 0. The zero-order valence-corrected chi connectivity index (χ0v) is 19.4. The van der Waals surface area contributed by atoms with E-state index in [4.69, 9.17) is 0 Å². The summed E-state index contributed by atoms with van der Waals surface area (Å²) >= 11 is 3.57. The number of halogens is 1. The predicted octanol–water partition coefficient (Wildman–Crippen LogP) is 3.59. The molecule has 1 N–H and O–H groups in total. The molecule has 7 heteroatoms. The number of nitrogens with one attached hydrogen (secondary N) is 1. The van der Waals surface area contributed by atoms with Crippen molar-refractivity contribution in [2.75, 3.05) is 13.1 Å². The van der Waals surface area contributed by atoms with Crippen LogP contribution in [0.3, 0.4) is 0 Å². The molecule has 3 aliphatic heterocycles. The first-order valence-electron chi connectivity index (χ1n) is 11.2. The minimum atomic E-state index is -0.562. The van der Waals surface area contributed by atoms with Gasteiger partial charge < -0.3 is 4.90 Å². The molecular weight excluding hydrogens is 470 g/mol. The number of hydrogen-bond acceptors (Lipinski definition) is 4. The lowest BCUT2D eigenvalue weighted by Crippen LogP contribution is -2.52. The van der Waals surface area contributed by atoms with Crippen LogP contribution in [0.15, 0.2) is 46.9 Å². The molecule has 3 amide bonds. The highest BCUT2D eigenvalue weighted by Crippen LogP contribution is 2.31. The zero-order valence-electron chi connectivity index (χ0n) is 17.9. The number of fused-ring (bicyclic) bond motifs is 1. The number of carbonyl (C=O) groups is 3. The van der Waals surface area contributed by atoms with Crippen LogP contribution in [0.2, 0.25) is 0 Å². The van der Waals surface area contributed by atoms with Crippen molar-refractivity contribution >= 4 is 33.7 Å². The van der Waals surface area contributed by atoms with Gasteiger partial charge in [0.1, 0.15) is 6.04 Å². The fourth-order valence-electron chi connectivity index (χ4n) is 5.17. The average molecular weight is 496 g/mol. The third-order valence-electron chi connectivity index (χ3n) is 6.90. The number of rotatable bonds is 4. The first-order valence-corrected chi connectivity index (χ1v) is 12.0. The van der Waals surface area contributed by atoms with Crippen LogP contribution in [0.5, 0.6) is 0 Å². The Morgan fingerprint density at radius 3 is 2.56 bits per heavy atom. The van der Waals surface area contributed by atoms with Crippen LogP contribution in [0.25, 0.3) is 0 Å². The molecule has 1 unspecified atom stereocenters. The van der Waals surface area contributed by atoms with Crippen molar-refractivity contribution < 1.29 is 14.4 Å². The lowest BCUT2D eigenvalue weighted by atomic mass is 9.89. The molecular formula is C25H26BrN3O3. The van der Waals surface area contributed by atoms with Crippen LogP contribution in [-0.4, -0.2) is 46.7 Å². The zero-order chi connectivity index (χ0) is 22.2. The maximum Gasteiger partial charge on any atom is 0.255 e. The number of nitrogens with zero attached hydrogens (tertiary/aromatic N) is 2. The van der Waals surface area contributed by atoms with Crippen LogP contribution in [0, 0.1) is 0 Å². The molecule has 0 spiro atoms. The average Bonchev–Trinajstić information content (AvgIpc) is 3.10. The second-order valence-corrected chi connectivity index (χ2v) is 9.91. The summed E-state index contributed by atoms with van der Waals surface area (Å²) in [5.74, 6) is -0.142. The molecule has 2 saturated heterocycles. The molecule has 0 radical (unpaired) electrons. The third kappa shape index (κ3) is 4.24. The molecule has 0 saturated carbocycles. The van der Waals surface area contributed by atoms with E-state index in [-0.39, 0.29) is 24.1 Å². The summed E-state index contributed by atoms with van der Waals surface area (Å²) < 4.78 is 1.14. The quantitative estimate of drug-likeness (QED) is 0.658. The molecule has 6 nitrogen and oxygen atoms in total. The van der Waals surface area contributed by atoms with Crippen molar-refractivity contribution in [1.29, 1.82) is 0 Å². The van der Waals surface area contributed by atoms with Crippen molar-refractivity contribution in [3.05, 3.63) is 69.2 Å².